The van der Waals surface area contributed by atoms with Crippen LogP contribution in [0, 0.1) is 23.2 Å². The van der Waals surface area contributed by atoms with E-state index in [1.165, 1.54) is 19.3 Å². The molecule has 5 aliphatic rings. The summed E-state index contributed by atoms with van der Waals surface area (Å²) in [6.07, 6.45) is 1.24. The van der Waals surface area contributed by atoms with E-state index in [9.17, 15) is 27.9 Å². The summed E-state index contributed by atoms with van der Waals surface area (Å²) < 4.78 is 38.6. The molecule has 27 heavy (non-hydrogen) atoms. The Morgan fingerprint density at radius 2 is 1.63 bits per heavy atom. The highest BCUT2D eigenvalue weighted by Gasteiger charge is 2.58. The molecule has 0 aromatic heterocycles. The monoisotopic (exact) mass is 388 g/mol. The number of likely N-dealkylation sites (tertiary alicyclic amines) is 1. The molecule has 1 atom stereocenters. The van der Waals surface area contributed by atoms with Crippen molar-refractivity contribution in [3.05, 3.63) is 0 Å². The Balaban J connectivity index is 1.27. The van der Waals surface area contributed by atoms with Crippen molar-refractivity contribution in [3.63, 3.8) is 0 Å². The van der Waals surface area contributed by atoms with Gasteiger partial charge in [-0.15, -0.1) is 0 Å². The van der Waals surface area contributed by atoms with Crippen molar-refractivity contribution in [2.75, 3.05) is 19.6 Å². The summed E-state index contributed by atoms with van der Waals surface area (Å²) in [6, 6.07) is 0. The predicted octanol–water partition coefficient (Wildman–Crippen LogP) is 2.23. The van der Waals surface area contributed by atoms with E-state index in [1.54, 1.807) is 0 Å². The van der Waals surface area contributed by atoms with Gasteiger partial charge in [-0.2, -0.15) is 13.2 Å². The van der Waals surface area contributed by atoms with E-state index >= 15 is 0 Å². The molecular weight excluding hydrogens is 361 g/mol. The largest absolute Gasteiger partial charge is 0.419 e. The van der Waals surface area contributed by atoms with Gasteiger partial charge in [-0.05, 0) is 56.3 Å². The van der Waals surface area contributed by atoms with Crippen molar-refractivity contribution in [1.82, 2.24) is 10.2 Å². The minimum absolute atomic E-state index is 0.0163. The lowest BCUT2D eigenvalue weighted by Gasteiger charge is -2.55. The summed E-state index contributed by atoms with van der Waals surface area (Å²) >= 11 is 0. The van der Waals surface area contributed by atoms with E-state index in [-0.39, 0.29) is 30.8 Å². The van der Waals surface area contributed by atoms with E-state index in [1.807, 2.05) is 0 Å². The Labute approximate surface area is 156 Å². The number of aliphatic hydroxyl groups is 1. The number of hydrogen-bond acceptors (Lipinski definition) is 3. The zero-order chi connectivity index (χ0) is 19.4. The average Bonchev–Trinajstić information content (AvgIpc) is 2.97. The fourth-order valence-electron chi connectivity index (χ4n) is 6.26. The molecule has 4 aliphatic carbocycles. The Bertz CT molecular complexity index is 601. The maximum absolute atomic E-state index is 12.9. The number of nitrogens with zero attached hydrogens (tertiary/aromatic N) is 1. The highest BCUT2D eigenvalue weighted by molar-refractivity contribution is 5.84. The van der Waals surface area contributed by atoms with Crippen LogP contribution in [0.4, 0.5) is 13.2 Å². The zero-order valence-corrected chi connectivity index (χ0v) is 15.4. The maximum Gasteiger partial charge on any atom is 0.419 e. The molecule has 2 N–H and O–H groups in total. The van der Waals surface area contributed by atoms with Gasteiger partial charge in [0, 0.05) is 31.3 Å². The van der Waals surface area contributed by atoms with Gasteiger partial charge in [-0.3, -0.25) is 9.59 Å². The second-order valence-corrected chi connectivity index (χ2v) is 9.30. The minimum Gasteiger partial charge on any atom is -0.379 e. The van der Waals surface area contributed by atoms with E-state index in [0.29, 0.717) is 17.8 Å². The van der Waals surface area contributed by atoms with Crippen molar-refractivity contribution < 1.29 is 27.9 Å². The van der Waals surface area contributed by atoms with Crippen LogP contribution in [0.15, 0.2) is 0 Å². The maximum atomic E-state index is 12.9. The number of alkyl halides is 3. The van der Waals surface area contributed by atoms with Gasteiger partial charge >= 0.3 is 6.18 Å². The molecule has 5 nitrogen and oxygen atoms in total. The zero-order valence-electron chi connectivity index (χ0n) is 15.4. The normalized spacial score (nSPS) is 40.4. The number of β-amino-alcohol motifs (C(OH)–C–C–N with tert-alkyl or cyclic N) is 1. The number of carbonyl (C=O) groups excluding carboxylic acids is 2. The Morgan fingerprint density at radius 1 is 1.07 bits per heavy atom. The van der Waals surface area contributed by atoms with Gasteiger partial charge in [0.15, 0.2) is 5.60 Å². The SMILES string of the molecule is O=C(CCNC(=O)C12CC3CC(CC(C3)C1)C2)N1CCC(O)(C(F)(F)F)C1. The summed E-state index contributed by atoms with van der Waals surface area (Å²) in [5.74, 6) is 1.50. The third-order valence-electron chi connectivity index (χ3n) is 7.27. The lowest BCUT2D eigenvalue weighted by Crippen LogP contribution is -2.54. The number of carbonyl (C=O) groups is 2. The van der Waals surface area contributed by atoms with Crippen LogP contribution in [0.5, 0.6) is 0 Å². The fourth-order valence-corrected chi connectivity index (χ4v) is 6.26. The molecule has 4 bridgehead atoms. The molecule has 1 saturated heterocycles. The summed E-state index contributed by atoms with van der Waals surface area (Å²) in [7, 11) is 0. The average molecular weight is 388 g/mol. The van der Waals surface area contributed by atoms with Crippen LogP contribution in [-0.4, -0.2) is 53.2 Å². The molecule has 8 heteroatoms. The predicted molar refractivity (Wildman–Crippen MR) is 90.4 cm³/mol. The van der Waals surface area contributed by atoms with Crippen LogP contribution < -0.4 is 5.32 Å². The fraction of sp³-hybridized carbons (Fsp3) is 0.895. The van der Waals surface area contributed by atoms with Gasteiger partial charge in [0.25, 0.3) is 0 Å². The Kier molecular flexibility index (Phi) is 4.48. The van der Waals surface area contributed by atoms with Crippen LogP contribution in [0.1, 0.15) is 51.4 Å². The van der Waals surface area contributed by atoms with Gasteiger partial charge in [0.1, 0.15) is 0 Å². The first-order chi connectivity index (χ1) is 12.6. The quantitative estimate of drug-likeness (QED) is 0.776. The highest BCUT2D eigenvalue weighted by atomic mass is 19.4. The number of halogens is 3. The molecule has 0 radical (unpaired) electrons. The topological polar surface area (TPSA) is 69.6 Å². The summed E-state index contributed by atoms with van der Waals surface area (Å²) in [4.78, 5) is 26.0. The molecule has 0 spiro atoms. The molecule has 1 heterocycles. The second kappa shape index (κ2) is 6.36. The first-order valence-corrected chi connectivity index (χ1v) is 9.95. The summed E-state index contributed by atoms with van der Waals surface area (Å²) in [5, 5.41) is 12.5. The van der Waals surface area contributed by atoms with Gasteiger partial charge < -0.3 is 15.3 Å². The van der Waals surface area contributed by atoms with Crippen LogP contribution in [0.2, 0.25) is 0 Å². The van der Waals surface area contributed by atoms with Crippen molar-refractivity contribution in [2.24, 2.45) is 23.2 Å². The molecule has 4 saturated carbocycles. The standard InChI is InChI=1S/C19H27F3N2O3/c20-19(21,22)18(27)2-4-24(11-18)15(25)1-3-23-16(26)17-8-12-5-13(9-17)7-14(6-12)10-17/h12-14,27H,1-11H2,(H,23,26). The number of amides is 2. The molecule has 1 aliphatic heterocycles. The van der Waals surface area contributed by atoms with Crippen molar-refractivity contribution in [1.29, 1.82) is 0 Å². The number of nitrogens with one attached hydrogen (secondary N) is 1. The molecule has 0 aromatic rings. The Hall–Kier alpha value is -1.31. The van der Waals surface area contributed by atoms with E-state index in [4.69, 9.17) is 0 Å². The summed E-state index contributed by atoms with van der Waals surface area (Å²) in [6.45, 7) is -0.698. The van der Waals surface area contributed by atoms with Gasteiger partial charge in [-0.1, -0.05) is 0 Å². The van der Waals surface area contributed by atoms with Crippen LogP contribution >= 0.6 is 0 Å². The van der Waals surface area contributed by atoms with Gasteiger partial charge in [0.05, 0.1) is 6.54 Å². The van der Waals surface area contributed by atoms with Crippen molar-refractivity contribution in [2.45, 2.75) is 63.1 Å². The smallest absolute Gasteiger partial charge is 0.379 e. The second-order valence-electron chi connectivity index (χ2n) is 9.30. The third-order valence-corrected chi connectivity index (χ3v) is 7.27. The van der Waals surface area contributed by atoms with Crippen molar-refractivity contribution in [3.8, 4) is 0 Å². The van der Waals surface area contributed by atoms with Crippen molar-refractivity contribution >= 4 is 11.8 Å². The van der Waals surface area contributed by atoms with Gasteiger partial charge in [-0.25, -0.2) is 0 Å². The molecular formula is C19H27F3N2O3. The molecule has 152 valence electrons. The van der Waals surface area contributed by atoms with E-state index in [2.05, 4.69) is 5.32 Å². The molecule has 5 fully saturated rings. The van der Waals surface area contributed by atoms with E-state index in [0.717, 1.165) is 24.2 Å². The first kappa shape index (κ1) is 19.0. The molecule has 5 rings (SSSR count). The highest BCUT2D eigenvalue weighted by Crippen LogP contribution is 2.60. The Morgan fingerprint density at radius 3 is 2.11 bits per heavy atom. The van der Waals surface area contributed by atoms with Crippen LogP contribution in [0.25, 0.3) is 0 Å². The lowest BCUT2D eigenvalue weighted by molar-refractivity contribution is -0.253. The van der Waals surface area contributed by atoms with Gasteiger partial charge in [0.2, 0.25) is 11.8 Å². The third kappa shape index (κ3) is 3.34. The first-order valence-electron chi connectivity index (χ1n) is 9.95. The molecule has 0 aromatic carbocycles. The van der Waals surface area contributed by atoms with Crippen LogP contribution in [0.3, 0.4) is 0 Å². The number of hydrogen-bond donors (Lipinski definition) is 2. The van der Waals surface area contributed by atoms with E-state index < -0.39 is 30.7 Å². The number of rotatable bonds is 4. The molecule has 2 amide bonds. The minimum atomic E-state index is -4.74. The van der Waals surface area contributed by atoms with Crippen LogP contribution in [-0.2, 0) is 9.59 Å². The lowest BCUT2D eigenvalue weighted by atomic mass is 9.49. The molecule has 1 unspecified atom stereocenters. The summed E-state index contributed by atoms with van der Waals surface area (Å²) in [5.41, 5.74) is -3.10.